The van der Waals surface area contributed by atoms with Crippen LogP contribution < -0.4 is 0 Å². The fourth-order valence-electron chi connectivity index (χ4n) is 5.91. The molecule has 0 saturated heterocycles. The van der Waals surface area contributed by atoms with Crippen LogP contribution in [0.3, 0.4) is 0 Å². The molecule has 0 spiro atoms. The van der Waals surface area contributed by atoms with Crippen molar-refractivity contribution < 1.29 is 0 Å². The molecule has 0 bridgehead atoms. The Kier molecular flexibility index (Phi) is 75.1. The Bertz CT molecular complexity index is 388. The van der Waals surface area contributed by atoms with Gasteiger partial charge >= 0.3 is 0 Å². The van der Waals surface area contributed by atoms with E-state index in [4.69, 9.17) is 0 Å². The summed E-state index contributed by atoms with van der Waals surface area (Å²) in [6.45, 7) is 26.7. The summed E-state index contributed by atoms with van der Waals surface area (Å²) in [4.78, 5) is 0. The molecule has 304 valence electrons. The third-order valence-corrected chi connectivity index (χ3v) is 9.66. The topological polar surface area (TPSA) is 0 Å². The van der Waals surface area contributed by atoms with E-state index in [-0.39, 0.29) is 0 Å². The number of hydrogen-bond acceptors (Lipinski definition) is 0. The number of rotatable bonds is 10. The maximum atomic E-state index is 2.36. The lowest BCUT2D eigenvalue weighted by molar-refractivity contribution is 0.385. The number of hydrogen-bond donors (Lipinski definition) is 0. The lowest BCUT2D eigenvalue weighted by Crippen LogP contribution is -1.99. The molecule has 0 aromatic rings. The van der Waals surface area contributed by atoms with Gasteiger partial charge < -0.3 is 0 Å². The van der Waals surface area contributed by atoms with Crippen molar-refractivity contribution in [3.8, 4) is 0 Å². The lowest BCUT2D eigenvalue weighted by Gasteiger charge is -2.15. The van der Waals surface area contributed by atoms with Crippen LogP contribution in [0.15, 0.2) is 0 Å². The highest BCUT2D eigenvalue weighted by atomic mass is 14.1. The van der Waals surface area contributed by atoms with Crippen molar-refractivity contribution in [1.82, 2.24) is 0 Å². The zero-order chi connectivity index (χ0) is 37.9. The maximum Gasteiger partial charge on any atom is -0.0443 e. The zero-order valence-corrected chi connectivity index (χ0v) is 37.9. The van der Waals surface area contributed by atoms with E-state index in [2.05, 4.69) is 83.1 Å². The van der Waals surface area contributed by atoms with Crippen LogP contribution in [0.25, 0.3) is 0 Å². The minimum atomic E-state index is 1.04. The Labute approximate surface area is 318 Å². The first-order valence-corrected chi connectivity index (χ1v) is 23.9. The molecule has 4 fully saturated rings. The zero-order valence-electron chi connectivity index (χ0n) is 37.9. The smallest absolute Gasteiger partial charge is 0.0443 e. The van der Waals surface area contributed by atoms with Crippen molar-refractivity contribution in [1.29, 1.82) is 0 Å². The standard InChI is InChI=1S/C7H14.C7H16.2C6H12.C6H14.C5H10.C5H12.C4H10.C3H8/c1-7-5-3-2-4-6-7;1-3-5-7-6-4-2;1-6-4-2-3-5-6;1-2-4-6-5-3-1;1-3-5-6-4-2;1-2-4-5-3-1;1-3-5-4-2;1-3-4-2;1-3-2/h7H,2-6H2,1H3;3-7H2,1-2H3;6H,2-5H2,1H3;1-6H2;3-6H2,1-2H3;1-5H2;3-5H2,1-2H3;3-4H2,1-2H3;3H2,1-2H3. The first-order chi connectivity index (χ1) is 23.9. The predicted molar refractivity (Wildman–Crippen MR) is 237 cm³/mol. The molecule has 4 saturated carbocycles. The molecular weight excluding hydrogens is 589 g/mol. The highest BCUT2D eigenvalue weighted by Crippen LogP contribution is 2.23. The van der Waals surface area contributed by atoms with Crippen LogP contribution in [-0.2, 0) is 0 Å². The molecule has 0 atom stereocenters. The fourth-order valence-corrected chi connectivity index (χ4v) is 5.91. The van der Waals surface area contributed by atoms with Crippen molar-refractivity contribution in [2.75, 3.05) is 0 Å². The molecular formula is C49H108. The largest absolute Gasteiger partial charge is 0.0656 e. The maximum absolute atomic E-state index is 2.36. The van der Waals surface area contributed by atoms with Gasteiger partial charge in [0.1, 0.15) is 0 Å². The molecule has 0 N–H and O–H groups in total. The van der Waals surface area contributed by atoms with Gasteiger partial charge in [-0.15, -0.1) is 0 Å². The molecule has 49 heavy (non-hydrogen) atoms. The quantitative estimate of drug-likeness (QED) is 0.199. The van der Waals surface area contributed by atoms with Gasteiger partial charge in [-0.3, -0.25) is 0 Å². The van der Waals surface area contributed by atoms with Crippen molar-refractivity contribution in [3.63, 3.8) is 0 Å². The van der Waals surface area contributed by atoms with Crippen LogP contribution in [0.5, 0.6) is 0 Å². The van der Waals surface area contributed by atoms with E-state index in [0.29, 0.717) is 0 Å². The van der Waals surface area contributed by atoms with E-state index in [0.717, 1.165) is 11.8 Å². The molecule has 4 rings (SSSR count). The van der Waals surface area contributed by atoms with Gasteiger partial charge in [0.15, 0.2) is 0 Å². The van der Waals surface area contributed by atoms with E-state index in [9.17, 15) is 0 Å². The highest BCUT2D eigenvalue weighted by Gasteiger charge is 2.07. The van der Waals surface area contributed by atoms with Crippen LogP contribution in [0, 0.1) is 11.8 Å². The summed E-state index contributed by atoms with van der Waals surface area (Å²) in [6, 6.07) is 0. The summed E-state index contributed by atoms with van der Waals surface area (Å²) < 4.78 is 0. The molecule has 0 amide bonds. The second-order valence-electron chi connectivity index (χ2n) is 15.9. The molecule has 0 nitrogen and oxygen atoms in total. The van der Waals surface area contributed by atoms with Gasteiger partial charge in [0, 0.05) is 0 Å². The average Bonchev–Trinajstić information content (AvgIpc) is 3.89. The minimum absolute atomic E-state index is 1.04. The van der Waals surface area contributed by atoms with Gasteiger partial charge in [0.2, 0.25) is 0 Å². The van der Waals surface area contributed by atoms with Crippen LogP contribution in [0.2, 0.25) is 0 Å². The summed E-state index contributed by atoms with van der Waals surface area (Å²) >= 11 is 0. The van der Waals surface area contributed by atoms with Gasteiger partial charge in [-0.25, -0.2) is 0 Å². The van der Waals surface area contributed by atoms with Gasteiger partial charge in [-0.1, -0.05) is 308 Å². The number of unbranched alkanes of at least 4 members (excludes halogenated alkanes) is 10. The van der Waals surface area contributed by atoms with Crippen molar-refractivity contribution >= 4 is 0 Å². The van der Waals surface area contributed by atoms with E-state index < -0.39 is 0 Å². The van der Waals surface area contributed by atoms with E-state index in [1.54, 1.807) is 0 Å². The summed E-state index contributed by atoms with van der Waals surface area (Å²) in [5.41, 5.74) is 0. The third-order valence-electron chi connectivity index (χ3n) is 9.66. The molecule has 0 aliphatic heterocycles. The highest BCUT2D eigenvalue weighted by molar-refractivity contribution is 4.61. The molecule has 0 heteroatoms. The predicted octanol–water partition coefficient (Wildman–Crippen LogP) is 20.1. The van der Waals surface area contributed by atoms with Crippen LogP contribution in [0.4, 0.5) is 0 Å². The monoisotopic (exact) mass is 697 g/mol. The summed E-state index contributed by atoms with van der Waals surface area (Å²) in [7, 11) is 0. The molecule has 0 heterocycles. The first-order valence-electron chi connectivity index (χ1n) is 23.9. The first kappa shape index (κ1) is 58.3. The minimum Gasteiger partial charge on any atom is -0.0656 e. The van der Waals surface area contributed by atoms with Gasteiger partial charge in [0.25, 0.3) is 0 Å². The Hall–Kier alpha value is 0. The summed E-state index contributed by atoms with van der Waals surface area (Å²) in [6.07, 6.45) is 50.4. The molecule has 4 aliphatic rings. The summed E-state index contributed by atoms with van der Waals surface area (Å²) in [5.74, 6) is 2.08. The molecule has 0 aromatic heterocycles. The average molecular weight is 697 g/mol. The molecule has 0 radical (unpaired) electrons. The Morgan fingerprint density at radius 3 is 0.551 bits per heavy atom. The molecule has 0 aromatic carbocycles. The van der Waals surface area contributed by atoms with Crippen LogP contribution in [-0.4, -0.2) is 0 Å². The second kappa shape index (κ2) is 63.1. The van der Waals surface area contributed by atoms with Crippen LogP contribution in [0.1, 0.15) is 308 Å². The Morgan fingerprint density at radius 2 is 0.429 bits per heavy atom. The van der Waals surface area contributed by atoms with E-state index in [1.807, 2.05) is 0 Å². The second-order valence-corrected chi connectivity index (χ2v) is 15.9. The van der Waals surface area contributed by atoms with Crippen molar-refractivity contribution in [2.24, 2.45) is 11.8 Å². The van der Waals surface area contributed by atoms with Crippen molar-refractivity contribution in [2.45, 2.75) is 308 Å². The molecule has 0 unspecified atom stereocenters. The van der Waals surface area contributed by atoms with Gasteiger partial charge in [-0.2, -0.15) is 0 Å². The van der Waals surface area contributed by atoms with Crippen LogP contribution >= 0.6 is 0 Å². The van der Waals surface area contributed by atoms with Gasteiger partial charge in [-0.05, 0) is 11.8 Å². The lowest BCUT2D eigenvalue weighted by atomic mass is 9.91. The van der Waals surface area contributed by atoms with E-state index in [1.165, 1.54) is 225 Å². The summed E-state index contributed by atoms with van der Waals surface area (Å²) in [5, 5.41) is 0. The normalized spacial score (nSPS) is 16.4. The van der Waals surface area contributed by atoms with Gasteiger partial charge in [0.05, 0.1) is 0 Å². The fraction of sp³-hybridized carbons (Fsp3) is 1.00. The Balaban J connectivity index is -0.000000150. The third kappa shape index (κ3) is 78.4. The SMILES string of the molecule is C1CCCC1.C1CCCCC1.CC1CCCC1.CC1CCCCC1.CCC.CCCC.CCCCC.CCCCCC.CCCCCCC. The van der Waals surface area contributed by atoms with Crippen molar-refractivity contribution in [3.05, 3.63) is 0 Å². The molecule has 4 aliphatic carbocycles. The Morgan fingerprint density at radius 1 is 0.245 bits per heavy atom. The van der Waals surface area contributed by atoms with E-state index >= 15 is 0 Å².